The van der Waals surface area contributed by atoms with Crippen molar-refractivity contribution < 1.29 is 19.4 Å². The van der Waals surface area contributed by atoms with E-state index >= 15 is 0 Å². The van der Waals surface area contributed by atoms with Crippen molar-refractivity contribution in [3.8, 4) is 11.3 Å². The Morgan fingerprint density at radius 2 is 2.14 bits per heavy atom. The number of hydrogen-bond donors (Lipinski definition) is 3. The molecule has 6 nitrogen and oxygen atoms in total. The molecule has 3 N–H and O–H groups in total. The number of carboxylic acid groups (broad SMARTS) is 1. The number of carbonyl (C=O) groups is 1. The van der Waals surface area contributed by atoms with Crippen molar-refractivity contribution in [2.45, 2.75) is 18.6 Å². The van der Waals surface area contributed by atoms with E-state index < -0.39 is 11.6 Å². The molecule has 1 aromatic carbocycles. The van der Waals surface area contributed by atoms with E-state index in [4.69, 9.17) is 5.11 Å². The van der Waals surface area contributed by atoms with Crippen LogP contribution in [0.1, 0.15) is 12.0 Å². The minimum absolute atomic E-state index is 0.0797. The number of nitrogens with zero attached hydrogens (tertiary/aromatic N) is 2. The lowest BCUT2D eigenvalue weighted by atomic mass is 10.0. The second-order valence-electron chi connectivity index (χ2n) is 5.57. The van der Waals surface area contributed by atoms with Gasteiger partial charge in [0.25, 0.3) is 0 Å². The van der Waals surface area contributed by atoms with Crippen molar-refractivity contribution in [2.75, 3.05) is 13.1 Å². The van der Waals surface area contributed by atoms with Gasteiger partial charge in [0.2, 0.25) is 0 Å². The summed E-state index contributed by atoms with van der Waals surface area (Å²) in [5.74, 6) is -1.50. The van der Waals surface area contributed by atoms with Crippen molar-refractivity contribution in [2.24, 2.45) is 0 Å². The molecule has 2 aromatic rings. The highest BCUT2D eigenvalue weighted by atomic mass is 19.1. The molecule has 116 valence electrons. The molecule has 0 aliphatic carbocycles. The lowest BCUT2D eigenvalue weighted by Crippen LogP contribution is -2.41. The van der Waals surface area contributed by atoms with Crippen molar-refractivity contribution in [1.82, 2.24) is 15.1 Å². The van der Waals surface area contributed by atoms with E-state index in [-0.39, 0.29) is 18.8 Å². The first kappa shape index (κ1) is 14.7. The Bertz CT molecular complexity index is 686. The largest absolute Gasteiger partial charge is 0.479 e. The van der Waals surface area contributed by atoms with E-state index in [1.54, 1.807) is 18.3 Å². The monoisotopic (exact) mass is 305 g/mol. The Kier molecular flexibility index (Phi) is 3.67. The molecule has 0 saturated carbocycles. The molecule has 1 atom stereocenters. The number of H-pyrrole nitrogens is 1. The van der Waals surface area contributed by atoms with Crippen LogP contribution in [0.4, 0.5) is 4.39 Å². The van der Waals surface area contributed by atoms with Crippen molar-refractivity contribution >= 4 is 5.97 Å². The third-order valence-electron chi connectivity index (χ3n) is 3.97. The number of aromatic amines is 1. The normalized spacial score (nSPS) is 22.1. The molecule has 0 bridgehead atoms. The molecule has 3 rings (SSSR count). The minimum atomic E-state index is -1.68. The first-order valence-electron chi connectivity index (χ1n) is 6.94. The predicted octanol–water partition coefficient (Wildman–Crippen LogP) is 1.24. The average molecular weight is 305 g/mol. The minimum Gasteiger partial charge on any atom is -0.479 e. The maximum absolute atomic E-state index is 13.0. The summed E-state index contributed by atoms with van der Waals surface area (Å²) in [7, 11) is 0. The number of likely N-dealkylation sites (tertiary alicyclic amines) is 1. The van der Waals surface area contributed by atoms with Crippen LogP contribution in [-0.2, 0) is 11.3 Å². The molecular formula is C15H16FN3O3. The van der Waals surface area contributed by atoms with Gasteiger partial charge >= 0.3 is 5.97 Å². The summed E-state index contributed by atoms with van der Waals surface area (Å²) in [6.45, 7) is 1.05. The second kappa shape index (κ2) is 5.51. The number of halogens is 1. The fraction of sp³-hybridized carbons (Fsp3) is 0.333. The first-order valence-corrected chi connectivity index (χ1v) is 6.94. The number of nitrogens with one attached hydrogen (secondary N) is 1. The quantitative estimate of drug-likeness (QED) is 0.791. The molecule has 1 aromatic heterocycles. The van der Waals surface area contributed by atoms with Gasteiger partial charge in [-0.2, -0.15) is 5.10 Å². The highest BCUT2D eigenvalue weighted by Crippen LogP contribution is 2.27. The van der Waals surface area contributed by atoms with Crippen LogP contribution in [0.2, 0.25) is 0 Å². The number of aliphatic hydroxyl groups is 1. The van der Waals surface area contributed by atoms with Gasteiger partial charge in [-0.05, 0) is 24.3 Å². The average Bonchev–Trinajstić information content (AvgIpc) is 3.08. The summed E-state index contributed by atoms with van der Waals surface area (Å²) >= 11 is 0. The molecular weight excluding hydrogens is 289 g/mol. The Morgan fingerprint density at radius 3 is 2.77 bits per heavy atom. The van der Waals surface area contributed by atoms with Gasteiger partial charge in [0.1, 0.15) is 5.82 Å². The van der Waals surface area contributed by atoms with Gasteiger partial charge in [-0.25, -0.2) is 9.18 Å². The highest BCUT2D eigenvalue weighted by Gasteiger charge is 2.42. The lowest BCUT2D eigenvalue weighted by Gasteiger charge is -2.19. The predicted molar refractivity (Wildman–Crippen MR) is 76.5 cm³/mol. The summed E-state index contributed by atoms with van der Waals surface area (Å²) in [6, 6.07) is 6.06. The van der Waals surface area contributed by atoms with Crippen LogP contribution in [0.15, 0.2) is 30.5 Å². The SMILES string of the molecule is O=C(O)C1(O)CCN(Cc2cn[nH]c2-c2ccc(F)cc2)C1. The van der Waals surface area contributed by atoms with E-state index in [1.165, 1.54) is 12.1 Å². The van der Waals surface area contributed by atoms with Crippen molar-refractivity contribution in [1.29, 1.82) is 0 Å². The third kappa shape index (κ3) is 2.72. The standard InChI is InChI=1S/C15H16FN3O3/c16-12-3-1-10(2-4-12)13-11(7-17-18-13)8-19-6-5-15(22,9-19)14(20)21/h1-4,7,22H,5-6,8-9H2,(H,17,18)(H,20,21). The van der Waals surface area contributed by atoms with Crippen LogP contribution < -0.4 is 0 Å². The first-order chi connectivity index (χ1) is 10.5. The lowest BCUT2D eigenvalue weighted by molar-refractivity contribution is -0.157. The number of rotatable bonds is 4. The summed E-state index contributed by atoms with van der Waals surface area (Å²) in [4.78, 5) is 12.9. The van der Waals surface area contributed by atoms with E-state index in [1.807, 2.05) is 4.90 Å². The molecule has 0 amide bonds. The maximum atomic E-state index is 13.0. The summed E-state index contributed by atoms with van der Waals surface area (Å²) in [5.41, 5.74) is 0.772. The number of carboxylic acids is 1. The number of β-amino-alcohol motifs (C(OH)–C–C–N with tert-alkyl or cyclic N) is 1. The van der Waals surface area contributed by atoms with Crippen molar-refractivity contribution in [3.05, 3.63) is 41.8 Å². The van der Waals surface area contributed by atoms with E-state index in [0.29, 0.717) is 13.1 Å². The Labute approximate surface area is 126 Å². The van der Waals surface area contributed by atoms with Crippen LogP contribution in [0.3, 0.4) is 0 Å². The zero-order chi connectivity index (χ0) is 15.7. The molecule has 1 saturated heterocycles. The fourth-order valence-corrected chi connectivity index (χ4v) is 2.72. The molecule has 1 aliphatic heterocycles. The topological polar surface area (TPSA) is 89.4 Å². The molecule has 1 aliphatic rings. The van der Waals surface area contributed by atoms with Gasteiger partial charge < -0.3 is 10.2 Å². The van der Waals surface area contributed by atoms with Crippen molar-refractivity contribution in [3.63, 3.8) is 0 Å². The highest BCUT2D eigenvalue weighted by molar-refractivity contribution is 5.77. The zero-order valence-corrected chi connectivity index (χ0v) is 11.8. The van der Waals surface area contributed by atoms with Gasteiger partial charge in [-0.3, -0.25) is 10.00 Å². The van der Waals surface area contributed by atoms with Crippen LogP contribution in [0.5, 0.6) is 0 Å². The van der Waals surface area contributed by atoms with Crippen LogP contribution in [-0.4, -0.2) is 50.0 Å². The Balaban J connectivity index is 1.76. The molecule has 0 spiro atoms. The summed E-state index contributed by atoms with van der Waals surface area (Å²) < 4.78 is 13.0. The summed E-state index contributed by atoms with van der Waals surface area (Å²) in [6.07, 6.45) is 1.86. The fourth-order valence-electron chi connectivity index (χ4n) is 2.72. The van der Waals surface area contributed by atoms with E-state index in [2.05, 4.69) is 10.2 Å². The van der Waals surface area contributed by atoms with Crippen LogP contribution in [0, 0.1) is 5.82 Å². The van der Waals surface area contributed by atoms with Gasteiger partial charge in [-0.15, -0.1) is 0 Å². The smallest absolute Gasteiger partial charge is 0.337 e. The second-order valence-corrected chi connectivity index (χ2v) is 5.57. The van der Waals surface area contributed by atoms with Gasteiger partial charge in [0, 0.05) is 37.2 Å². The van der Waals surface area contributed by atoms with Crippen LogP contribution >= 0.6 is 0 Å². The molecule has 1 fully saturated rings. The molecule has 0 radical (unpaired) electrons. The third-order valence-corrected chi connectivity index (χ3v) is 3.97. The molecule has 2 heterocycles. The summed E-state index contributed by atoms with van der Waals surface area (Å²) in [5, 5.41) is 25.9. The Morgan fingerprint density at radius 1 is 1.41 bits per heavy atom. The number of aromatic nitrogens is 2. The number of hydrogen-bond acceptors (Lipinski definition) is 4. The van der Waals surface area contributed by atoms with Crippen LogP contribution in [0.25, 0.3) is 11.3 Å². The molecule has 22 heavy (non-hydrogen) atoms. The number of benzene rings is 1. The van der Waals surface area contributed by atoms with Gasteiger partial charge in [0.05, 0.1) is 11.9 Å². The molecule has 1 unspecified atom stereocenters. The van der Waals surface area contributed by atoms with Gasteiger partial charge in [-0.1, -0.05) is 0 Å². The maximum Gasteiger partial charge on any atom is 0.337 e. The van der Waals surface area contributed by atoms with E-state index in [0.717, 1.165) is 16.8 Å². The zero-order valence-electron chi connectivity index (χ0n) is 11.8. The van der Waals surface area contributed by atoms with E-state index in [9.17, 15) is 14.3 Å². The van der Waals surface area contributed by atoms with Gasteiger partial charge in [0.15, 0.2) is 5.60 Å². The Hall–Kier alpha value is -2.25. The number of aliphatic carboxylic acids is 1. The molecule has 7 heteroatoms.